The Morgan fingerprint density at radius 1 is 0.957 bits per heavy atom. The fourth-order valence-corrected chi connectivity index (χ4v) is 2.73. The molecule has 1 aliphatic rings. The van der Waals surface area contributed by atoms with E-state index in [9.17, 15) is 5.11 Å². The van der Waals surface area contributed by atoms with E-state index in [2.05, 4.69) is 11.8 Å². The van der Waals surface area contributed by atoms with Crippen molar-refractivity contribution in [1.82, 2.24) is 0 Å². The van der Waals surface area contributed by atoms with E-state index in [0.717, 1.165) is 16.7 Å². The summed E-state index contributed by atoms with van der Waals surface area (Å²) in [6, 6.07) is 13.4. The van der Waals surface area contributed by atoms with Gasteiger partial charge in [0.2, 0.25) is 0 Å². The number of aliphatic hydroxyl groups excluding tert-OH is 1. The summed E-state index contributed by atoms with van der Waals surface area (Å²) in [7, 11) is 3.21. The maximum absolute atomic E-state index is 10.7. The summed E-state index contributed by atoms with van der Waals surface area (Å²) in [5.41, 5.74) is 2.50. The minimum atomic E-state index is -0.753. The van der Waals surface area contributed by atoms with Gasteiger partial charge in [0.15, 0.2) is 0 Å². The van der Waals surface area contributed by atoms with Gasteiger partial charge in [-0.2, -0.15) is 0 Å². The van der Waals surface area contributed by atoms with Crippen molar-refractivity contribution in [3.8, 4) is 23.3 Å². The Morgan fingerprint density at radius 3 is 2.35 bits per heavy atom. The fraction of sp³-hybridized carbons (Fsp3) is 0.200. The van der Waals surface area contributed by atoms with Gasteiger partial charge in [-0.25, -0.2) is 0 Å². The lowest BCUT2D eigenvalue weighted by Crippen LogP contribution is -2.15. The van der Waals surface area contributed by atoms with Crippen molar-refractivity contribution in [3.63, 3.8) is 0 Å². The molecule has 3 heteroatoms. The lowest BCUT2D eigenvalue weighted by atomic mass is 9.86. The molecule has 3 nitrogen and oxygen atoms in total. The molecule has 1 aliphatic carbocycles. The molecule has 0 amide bonds. The summed E-state index contributed by atoms with van der Waals surface area (Å²) >= 11 is 0. The summed E-state index contributed by atoms with van der Waals surface area (Å²) < 4.78 is 10.8. The van der Waals surface area contributed by atoms with Gasteiger partial charge >= 0.3 is 0 Å². The van der Waals surface area contributed by atoms with Crippen LogP contribution in [0.3, 0.4) is 0 Å². The van der Waals surface area contributed by atoms with Crippen LogP contribution in [-0.4, -0.2) is 19.3 Å². The molecule has 3 rings (SSSR count). The highest BCUT2D eigenvalue weighted by atomic mass is 16.5. The van der Waals surface area contributed by atoms with Gasteiger partial charge in [-0.3, -0.25) is 0 Å². The molecule has 0 aromatic heterocycles. The van der Waals surface area contributed by atoms with Gasteiger partial charge < -0.3 is 14.6 Å². The predicted molar refractivity (Wildman–Crippen MR) is 90.3 cm³/mol. The van der Waals surface area contributed by atoms with Crippen molar-refractivity contribution in [2.45, 2.75) is 6.10 Å². The summed E-state index contributed by atoms with van der Waals surface area (Å²) in [4.78, 5) is 0. The van der Waals surface area contributed by atoms with Crippen LogP contribution in [0, 0.1) is 17.8 Å². The third-order valence-corrected chi connectivity index (χ3v) is 3.91. The third kappa shape index (κ3) is 2.94. The highest BCUT2D eigenvalue weighted by Gasteiger charge is 2.28. The lowest BCUT2D eigenvalue weighted by molar-refractivity contribution is 0.148. The number of ether oxygens (including phenoxy) is 2. The van der Waals surface area contributed by atoms with Crippen molar-refractivity contribution in [2.24, 2.45) is 5.92 Å². The van der Waals surface area contributed by atoms with Crippen LogP contribution in [-0.2, 0) is 0 Å². The Labute approximate surface area is 136 Å². The van der Waals surface area contributed by atoms with Crippen LogP contribution >= 0.6 is 0 Å². The Kier molecular flexibility index (Phi) is 4.36. The monoisotopic (exact) mass is 306 g/mol. The molecule has 0 bridgehead atoms. The molecule has 116 valence electrons. The quantitative estimate of drug-likeness (QED) is 0.864. The van der Waals surface area contributed by atoms with E-state index < -0.39 is 6.10 Å². The number of aliphatic hydroxyl groups is 1. The third-order valence-electron chi connectivity index (χ3n) is 3.91. The van der Waals surface area contributed by atoms with Crippen molar-refractivity contribution in [1.29, 1.82) is 0 Å². The minimum absolute atomic E-state index is 0.288. The van der Waals surface area contributed by atoms with Gasteiger partial charge in [-0.05, 0) is 24.3 Å². The second-order valence-corrected chi connectivity index (χ2v) is 5.26. The second-order valence-electron chi connectivity index (χ2n) is 5.26. The normalized spacial score (nSPS) is 18.6. The summed E-state index contributed by atoms with van der Waals surface area (Å²) in [5, 5.41) is 10.7. The van der Waals surface area contributed by atoms with Crippen molar-refractivity contribution >= 4 is 6.08 Å². The van der Waals surface area contributed by atoms with Gasteiger partial charge in [-0.15, -0.1) is 0 Å². The van der Waals surface area contributed by atoms with E-state index in [1.54, 1.807) is 14.2 Å². The van der Waals surface area contributed by atoms with E-state index in [4.69, 9.17) is 9.47 Å². The van der Waals surface area contributed by atoms with Gasteiger partial charge in [0.1, 0.15) is 17.6 Å². The molecule has 0 radical (unpaired) electrons. The average molecular weight is 306 g/mol. The Bertz CT molecular complexity index is 782. The number of hydrogen-bond acceptors (Lipinski definition) is 3. The van der Waals surface area contributed by atoms with Gasteiger partial charge in [-0.1, -0.05) is 42.2 Å². The SMILES string of the molecule is COc1ccc(OC)c2c1C=C[C@H](C#Cc1ccccc1)[C@@H]2O. The second kappa shape index (κ2) is 6.60. The molecule has 1 N–H and O–H groups in total. The van der Waals surface area contributed by atoms with Gasteiger partial charge in [0.25, 0.3) is 0 Å². The molecule has 0 saturated heterocycles. The fourth-order valence-electron chi connectivity index (χ4n) is 2.73. The molecule has 0 saturated carbocycles. The maximum Gasteiger partial charge on any atom is 0.126 e. The zero-order chi connectivity index (χ0) is 16.2. The van der Waals surface area contributed by atoms with Crippen LogP contribution in [0.2, 0.25) is 0 Å². The topological polar surface area (TPSA) is 38.7 Å². The van der Waals surface area contributed by atoms with Crippen LogP contribution in [0.25, 0.3) is 6.08 Å². The van der Waals surface area contributed by atoms with E-state index in [-0.39, 0.29) is 5.92 Å². The molecule has 2 atom stereocenters. The highest BCUT2D eigenvalue weighted by molar-refractivity contribution is 5.68. The molecule has 2 aromatic carbocycles. The smallest absolute Gasteiger partial charge is 0.126 e. The molecule has 0 unspecified atom stereocenters. The minimum Gasteiger partial charge on any atom is -0.496 e. The Balaban J connectivity index is 1.98. The molecule has 0 heterocycles. The number of benzene rings is 2. The molecule has 2 aromatic rings. The largest absolute Gasteiger partial charge is 0.496 e. The number of fused-ring (bicyclic) bond motifs is 1. The predicted octanol–water partition coefficient (Wildman–Crippen LogP) is 3.43. The van der Waals surface area contributed by atoms with Crippen LogP contribution in [0.1, 0.15) is 22.8 Å². The van der Waals surface area contributed by atoms with Crippen LogP contribution < -0.4 is 9.47 Å². The first kappa shape index (κ1) is 15.2. The zero-order valence-electron chi connectivity index (χ0n) is 13.1. The summed E-state index contributed by atoms with van der Waals surface area (Å²) in [5.74, 6) is 7.31. The van der Waals surface area contributed by atoms with Gasteiger partial charge in [0, 0.05) is 16.7 Å². The van der Waals surface area contributed by atoms with E-state index in [0.29, 0.717) is 11.5 Å². The highest BCUT2D eigenvalue weighted by Crippen LogP contribution is 2.42. The number of rotatable bonds is 2. The lowest BCUT2D eigenvalue weighted by Gasteiger charge is -2.25. The van der Waals surface area contributed by atoms with E-state index in [1.807, 2.05) is 54.6 Å². The first-order valence-electron chi connectivity index (χ1n) is 7.42. The zero-order valence-corrected chi connectivity index (χ0v) is 13.1. The molecule has 23 heavy (non-hydrogen) atoms. The Morgan fingerprint density at radius 2 is 1.65 bits per heavy atom. The Hall–Kier alpha value is -2.70. The number of methoxy groups -OCH3 is 2. The van der Waals surface area contributed by atoms with Crippen LogP contribution in [0.4, 0.5) is 0 Å². The number of hydrogen-bond donors (Lipinski definition) is 1. The van der Waals surface area contributed by atoms with E-state index >= 15 is 0 Å². The molecular weight excluding hydrogens is 288 g/mol. The van der Waals surface area contributed by atoms with Crippen molar-refractivity contribution in [2.75, 3.05) is 14.2 Å². The van der Waals surface area contributed by atoms with Crippen molar-refractivity contribution in [3.05, 3.63) is 65.2 Å². The standard InChI is InChI=1S/C20H18O3/c1-22-17-12-13-18(23-2)19-16(17)11-10-15(20(19)21)9-8-14-6-4-3-5-7-14/h3-7,10-13,15,20-21H,1-2H3/t15-,20-/m0/s1. The van der Waals surface area contributed by atoms with E-state index in [1.165, 1.54) is 0 Å². The average Bonchev–Trinajstić information content (AvgIpc) is 2.61. The van der Waals surface area contributed by atoms with Crippen molar-refractivity contribution < 1.29 is 14.6 Å². The molecule has 0 spiro atoms. The van der Waals surface area contributed by atoms with Crippen LogP contribution in [0.5, 0.6) is 11.5 Å². The summed E-state index contributed by atoms with van der Waals surface area (Å²) in [6.07, 6.45) is 3.09. The summed E-state index contributed by atoms with van der Waals surface area (Å²) in [6.45, 7) is 0. The maximum atomic E-state index is 10.7. The first-order chi connectivity index (χ1) is 11.2. The molecule has 0 aliphatic heterocycles. The van der Waals surface area contributed by atoms with Gasteiger partial charge in [0.05, 0.1) is 20.1 Å². The first-order valence-corrected chi connectivity index (χ1v) is 7.42. The van der Waals surface area contributed by atoms with Crippen LogP contribution in [0.15, 0.2) is 48.5 Å². The molecular formula is C20H18O3. The molecule has 0 fully saturated rings.